The summed E-state index contributed by atoms with van der Waals surface area (Å²) in [6, 6.07) is 2.75. The first-order valence-electron chi connectivity index (χ1n) is 7.13. The van der Waals surface area contributed by atoms with Crippen LogP contribution >= 0.6 is 0 Å². The molecule has 1 aliphatic rings. The minimum absolute atomic E-state index is 0.0340. The molecule has 0 aliphatic carbocycles. The lowest BCUT2D eigenvalue weighted by molar-refractivity contribution is 0.0498. The van der Waals surface area contributed by atoms with Gasteiger partial charge in [0.15, 0.2) is 5.76 Å². The zero-order valence-corrected chi connectivity index (χ0v) is 14.2. The number of carbonyl (C=O) groups is 1. The third kappa shape index (κ3) is 3.04. The summed E-state index contributed by atoms with van der Waals surface area (Å²) in [6.45, 7) is 5.09. The van der Waals surface area contributed by atoms with Gasteiger partial charge in [0.1, 0.15) is 0 Å². The predicted octanol–water partition coefficient (Wildman–Crippen LogP) is 0.729. The van der Waals surface area contributed by atoms with Crippen molar-refractivity contribution >= 4 is 15.9 Å². The molecule has 0 aromatic carbocycles. The topological polar surface area (TPSA) is 96.9 Å². The fourth-order valence-electron chi connectivity index (χ4n) is 2.46. The molecule has 8 heteroatoms. The molecule has 0 spiro atoms. The molecule has 1 aliphatic heterocycles. The van der Waals surface area contributed by atoms with E-state index in [1.54, 1.807) is 4.90 Å². The third-order valence-electron chi connectivity index (χ3n) is 4.13. The first-order chi connectivity index (χ1) is 10.1. The highest BCUT2D eigenvalue weighted by atomic mass is 32.2. The summed E-state index contributed by atoms with van der Waals surface area (Å²) in [5.41, 5.74) is 5.88. The number of sulfonamides is 1. The number of nitrogens with two attached hydrogens (primary N) is 1. The van der Waals surface area contributed by atoms with E-state index < -0.39 is 10.0 Å². The maximum atomic E-state index is 12.5. The highest BCUT2D eigenvalue weighted by Crippen LogP contribution is 2.29. The first-order valence-corrected chi connectivity index (χ1v) is 8.57. The Labute approximate surface area is 131 Å². The van der Waals surface area contributed by atoms with E-state index in [9.17, 15) is 13.2 Å². The first kappa shape index (κ1) is 17.0. The van der Waals surface area contributed by atoms with E-state index in [4.69, 9.17) is 10.2 Å². The second-order valence-electron chi connectivity index (χ2n) is 6.52. The van der Waals surface area contributed by atoms with E-state index in [-0.39, 0.29) is 28.2 Å². The van der Waals surface area contributed by atoms with Gasteiger partial charge in [0.25, 0.3) is 15.9 Å². The Morgan fingerprint density at radius 2 is 2.05 bits per heavy atom. The third-order valence-corrected chi connectivity index (χ3v) is 5.82. The van der Waals surface area contributed by atoms with Crippen molar-refractivity contribution in [2.75, 3.05) is 27.2 Å². The molecule has 2 heterocycles. The average Bonchev–Trinajstić information content (AvgIpc) is 2.91. The molecule has 1 amide bonds. The maximum absolute atomic E-state index is 12.5. The Morgan fingerprint density at radius 3 is 2.59 bits per heavy atom. The quantitative estimate of drug-likeness (QED) is 0.882. The van der Waals surface area contributed by atoms with Gasteiger partial charge < -0.3 is 15.1 Å². The molecule has 1 unspecified atom stereocenters. The van der Waals surface area contributed by atoms with E-state index in [2.05, 4.69) is 0 Å². The fourth-order valence-corrected chi connectivity index (χ4v) is 3.25. The minimum Gasteiger partial charge on any atom is -0.438 e. The molecule has 124 valence electrons. The molecule has 1 fully saturated rings. The number of likely N-dealkylation sites (tertiary alicyclic amines) is 1. The van der Waals surface area contributed by atoms with Gasteiger partial charge in [-0.2, -0.15) is 0 Å². The van der Waals surface area contributed by atoms with Crippen LogP contribution in [0.15, 0.2) is 21.6 Å². The van der Waals surface area contributed by atoms with E-state index in [1.165, 1.54) is 26.2 Å². The molecular formula is C14H23N3O4S. The number of hydrogen-bond donors (Lipinski definition) is 1. The minimum atomic E-state index is -3.68. The van der Waals surface area contributed by atoms with E-state index in [0.29, 0.717) is 19.5 Å². The molecule has 22 heavy (non-hydrogen) atoms. The van der Waals surface area contributed by atoms with Gasteiger partial charge >= 0.3 is 0 Å². The van der Waals surface area contributed by atoms with Gasteiger partial charge in [-0.15, -0.1) is 0 Å². The van der Waals surface area contributed by atoms with Gasteiger partial charge in [-0.05, 0) is 24.0 Å². The number of carbonyl (C=O) groups excluding carboxylic acids is 1. The summed E-state index contributed by atoms with van der Waals surface area (Å²) < 4.78 is 30.3. The van der Waals surface area contributed by atoms with Gasteiger partial charge in [0.2, 0.25) is 5.09 Å². The lowest BCUT2D eigenvalue weighted by atomic mass is 9.79. The van der Waals surface area contributed by atoms with E-state index >= 15 is 0 Å². The zero-order valence-electron chi connectivity index (χ0n) is 13.4. The average molecular weight is 329 g/mol. The van der Waals surface area contributed by atoms with E-state index in [0.717, 1.165) is 4.31 Å². The van der Waals surface area contributed by atoms with Crippen LogP contribution in [0.5, 0.6) is 0 Å². The van der Waals surface area contributed by atoms with Crippen LogP contribution in [0.1, 0.15) is 30.8 Å². The van der Waals surface area contributed by atoms with E-state index in [1.807, 2.05) is 13.8 Å². The Morgan fingerprint density at radius 1 is 1.41 bits per heavy atom. The second-order valence-corrected chi connectivity index (χ2v) is 8.60. The number of piperidine rings is 1. The summed E-state index contributed by atoms with van der Waals surface area (Å²) in [4.78, 5) is 14.1. The molecular weight excluding hydrogens is 306 g/mol. The molecule has 2 rings (SSSR count). The summed E-state index contributed by atoms with van der Waals surface area (Å²) in [6.07, 6.45) is 0.711. The summed E-state index contributed by atoms with van der Waals surface area (Å²) >= 11 is 0. The molecule has 1 aromatic heterocycles. The van der Waals surface area contributed by atoms with Crippen LogP contribution in [-0.2, 0) is 10.0 Å². The molecule has 2 N–H and O–H groups in total. The smallest absolute Gasteiger partial charge is 0.289 e. The Kier molecular flexibility index (Phi) is 4.38. The van der Waals surface area contributed by atoms with Crippen LogP contribution in [0.2, 0.25) is 0 Å². The van der Waals surface area contributed by atoms with Crippen LogP contribution in [-0.4, -0.2) is 56.8 Å². The lowest BCUT2D eigenvalue weighted by Crippen LogP contribution is -2.53. The molecule has 1 atom stereocenters. The molecule has 1 aromatic rings. The van der Waals surface area contributed by atoms with Crippen molar-refractivity contribution in [2.24, 2.45) is 11.1 Å². The highest BCUT2D eigenvalue weighted by molar-refractivity contribution is 7.88. The van der Waals surface area contributed by atoms with Crippen LogP contribution < -0.4 is 5.73 Å². The lowest BCUT2D eigenvalue weighted by Gasteiger charge is -2.42. The number of furan rings is 1. The number of hydrogen-bond acceptors (Lipinski definition) is 5. The van der Waals surface area contributed by atoms with Gasteiger partial charge in [-0.25, -0.2) is 12.7 Å². The van der Waals surface area contributed by atoms with Crippen LogP contribution in [0.3, 0.4) is 0 Å². The molecule has 7 nitrogen and oxygen atoms in total. The highest BCUT2D eigenvalue weighted by Gasteiger charge is 2.36. The molecule has 0 saturated carbocycles. The second kappa shape index (κ2) is 5.68. The largest absolute Gasteiger partial charge is 0.438 e. The van der Waals surface area contributed by atoms with Gasteiger partial charge in [0.05, 0.1) is 0 Å². The fraction of sp³-hybridized carbons (Fsp3) is 0.643. The van der Waals surface area contributed by atoms with Crippen molar-refractivity contribution in [1.82, 2.24) is 9.21 Å². The van der Waals surface area contributed by atoms with Crippen molar-refractivity contribution in [1.29, 1.82) is 0 Å². The van der Waals surface area contributed by atoms with Gasteiger partial charge in [-0.1, -0.05) is 13.8 Å². The Balaban J connectivity index is 2.20. The monoisotopic (exact) mass is 329 g/mol. The van der Waals surface area contributed by atoms with Crippen LogP contribution in [0.25, 0.3) is 0 Å². The van der Waals surface area contributed by atoms with Crippen LogP contribution in [0, 0.1) is 5.41 Å². The molecule has 1 saturated heterocycles. The predicted molar refractivity (Wildman–Crippen MR) is 81.9 cm³/mol. The van der Waals surface area contributed by atoms with Crippen molar-refractivity contribution in [2.45, 2.75) is 31.4 Å². The number of amides is 1. The standard InChI is InChI=1S/C14H23N3O4S/c1-14(2)9-17(8-7-11(14)15)13(18)10-5-6-12(21-10)22(19,20)16(3)4/h5-6,11H,7-9,15H2,1-4H3. The zero-order chi connectivity index (χ0) is 16.7. The maximum Gasteiger partial charge on any atom is 0.289 e. The van der Waals surface area contributed by atoms with Gasteiger partial charge in [0, 0.05) is 33.2 Å². The van der Waals surface area contributed by atoms with Crippen molar-refractivity contribution < 1.29 is 17.6 Å². The normalized spacial score (nSPS) is 22.1. The molecule has 0 radical (unpaired) electrons. The van der Waals surface area contributed by atoms with Gasteiger partial charge in [-0.3, -0.25) is 4.79 Å². The Hall–Kier alpha value is -1.38. The summed E-state index contributed by atoms with van der Waals surface area (Å²) in [7, 11) is -0.855. The summed E-state index contributed by atoms with van der Waals surface area (Å²) in [5.74, 6) is -0.271. The SMILES string of the molecule is CN(C)S(=O)(=O)c1ccc(C(=O)N2CCC(N)C(C)(C)C2)o1. The number of nitrogens with zero attached hydrogens (tertiary/aromatic N) is 2. The van der Waals surface area contributed by atoms with Crippen molar-refractivity contribution in [3.63, 3.8) is 0 Å². The number of rotatable bonds is 3. The summed E-state index contributed by atoms with van der Waals surface area (Å²) in [5, 5.41) is -0.228. The van der Waals surface area contributed by atoms with Crippen molar-refractivity contribution in [3.8, 4) is 0 Å². The van der Waals surface area contributed by atoms with Crippen molar-refractivity contribution in [3.05, 3.63) is 17.9 Å². The van der Waals surface area contributed by atoms with Crippen LogP contribution in [0.4, 0.5) is 0 Å². The Bertz CT molecular complexity index is 663. The molecule has 0 bridgehead atoms.